The second-order valence-corrected chi connectivity index (χ2v) is 2.32. The van der Waals surface area contributed by atoms with E-state index in [0.717, 1.165) is 17.1 Å². The van der Waals surface area contributed by atoms with Crippen molar-refractivity contribution in [2.45, 2.75) is 0 Å². The molecule has 64 valence electrons. The number of nitrogens with zero attached hydrogens (tertiary/aromatic N) is 1. The lowest BCUT2D eigenvalue weighted by Crippen LogP contribution is -1.99. The van der Waals surface area contributed by atoms with Gasteiger partial charge in [-0.25, -0.2) is 0 Å². The largest absolute Gasteiger partial charge is 0.386 e. The fraction of sp³-hybridized carbons (Fsp3) is 0.222. The van der Waals surface area contributed by atoms with E-state index in [9.17, 15) is 0 Å². The molecule has 0 atom stereocenters. The summed E-state index contributed by atoms with van der Waals surface area (Å²) in [5.74, 6) is 0. The molecule has 1 heterocycles. The highest BCUT2D eigenvalue weighted by atomic mass is 14.9. The second kappa shape index (κ2) is 3.76. The highest BCUT2D eigenvalue weighted by Crippen LogP contribution is 2.23. The van der Waals surface area contributed by atoms with Crippen LogP contribution in [0, 0.1) is 0 Å². The van der Waals surface area contributed by atoms with Crippen LogP contribution in [0.3, 0.4) is 0 Å². The van der Waals surface area contributed by atoms with Crippen LogP contribution in [0.2, 0.25) is 0 Å². The maximum absolute atomic E-state index is 4.16. The average molecular weight is 163 g/mol. The summed E-state index contributed by atoms with van der Waals surface area (Å²) >= 11 is 0. The van der Waals surface area contributed by atoms with Crippen LogP contribution in [-0.4, -0.2) is 19.1 Å². The highest BCUT2D eigenvalue weighted by molar-refractivity contribution is 5.76. The number of pyridine rings is 1. The molecule has 1 aromatic rings. The number of nitrogens with one attached hydrogen (secondary N) is 2. The first-order valence-corrected chi connectivity index (χ1v) is 3.80. The fourth-order valence-electron chi connectivity index (χ4n) is 1.10. The predicted molar refractivity (Wildman–Crippen MR) is 53.4 cm³/mol. The van der Waals surface area contributed by atoms with Crippen molar-refractivity contribution in [2.75, 3.05) is 24.7 Å². The van der Waals surface area contributed by atoms with Crippen LogP contribution in [0.4, 0.5) is 11.4 Å². The third kappa shape index (κ3) is 1.39. The number of hydrogen-bond donors (Lipinski definition) is 2. The van der Waals surface area contributed by atoms with Gasteiger partial charge in [-0.05, 0) is 12.1 Å². The molecule has 0 saturated heterocycles. The maximum Gasteiger partial charge on any atom is 0.0876 e. The van der Waals surface area contributed by atoms with Gasteiger partial charge in [0.05, 0.1) is 17.1 Å². The van der Waals surface area contributed by atoms with Gasteiger partial charge in [0.15, 0.2) is 0 Å². The van der Waals surface area contributed by atoms with Gasteiger partial charge in [0.1, 0.15) is 0 Å². The predicted octanol–water partition coefficient (Wildman–Crippen LogP) is 1.81. The Kier molecular flexibility index (Phi) is 2.69. The Labute approximate surface area is 72.5 Å². The Morgan fingerprint density at radius 1 is 1.42 bits per heavy atom. The number of hydrogen-bond acceptors (Lipinski definition) is 3. The summed E-state index contributed by atoms with van der Waals surface area (Å²) in [6.45, 7) is 3.68. The van der Waals surface area contributed by atoms with E-state index in [4.69, 9.17) is 0 Å². The molecule has 0 aliphatic carbocycles. The molecule has 1 rings (SSSR count). The van der Waals surface area contributed by atoms with Gasteiger partial charge in [0, 0.05) is 20.3 Å². The quantitative estimate of drug-likeness (QED) is 0.713. The van der Waals surface area contributed by atoms with E-state index in [0.29, 0.717) is 0 Å². The van der Waals surface area contributed by atoms with E-state index in [1.165, 1.54) is 0 Å². The van der Waals surface area contributed by atoms with E-state index >= 15 is 0 Å². The Morgan fingerprint density at radius 2 is 2.17 bits per heavy atom. The van der Waals surface area contributed by atoms with Gasteiger partial charge in [-0.15, -0.1) is 0 Å². The smallest absolute Gasteiger partial charge is 0.0876 e. The van der Waals surface area contributed by atoms with E-state index in [-0.39, 0.29) is 0 Å². The van der Waals surface area contributed by atoms with Crippen molar-refractivity contribution in [3.05, 3.63) is 24.5 Å². The van der Waals surface area contributed by atoms with E-state index in [2.05, 4.69) is 22.2 Å². The molecule has 0 aliphatic rings. The minimum atomic E-state index is 0.865. The van der Waals surface area contributed by atoms with Crippen LogP contribution in [-0.2, 0) is 0 Å². The third-order valence-corrected chi connectivity index (χ3v) is 1.69. The summed E-state index contributed by atoms with van der Waals surface area (Å²) in [7, 11) is 3.74. The van der Waals surface area contributed by atoms with Gasteiger partial charge in [0.25, 0.3) is 0 Å². The van der Waals surface area contributed by atoms with Crippen molar-refractivity contribution in [1.29, 1.82) is 0 Å². The Bertz CT molecular complexity index is 281. The number of aromatic nitrogens is 1. The van der Waals surface area contributed by atoms with Crippen molar-refractivity contribution in [1.82, 2.24) is 4.98 Å². The molecule has 0 aliphatic heterocycles. The molecular weight excluding hydrogens is 150 g/mol. The maximum atomic E-state index is 4.16. The van der Waals surface area contributed by atoms with Gasteiger partial charge in [-0.1, -0.05) is 6.58 Å². The topological polar surface area (TPSA) is 37.0 Å². The van der Waals surface area contributed by atoms with Gasteiger partial charge >= 0.3 is 0 Å². The van der Waals surface area contributed by atoms with E-state index in [1.54, 1.807) is 12.3 Å². The SMILES string of the molecule is C=Cc1nccc(NC)c1NC. The van der Waals surface area contributed by atoms with Gasteiger partial charge in [0.2, 0.25) is 0 Å². The molecule has 0 spiro atoms. The van der Waals surface area contributed by atoms with Gasteiger partial charge in [-0.2, -0.15) is 0 Å². The van der Waals surface area contributed by atoms with Crippen molar-refractivity contribution >= 4 is 17.5 Å². The molecule has 1 aromatic heterocycles. The molecule has 0 amide bonds. The molecule has 0 unspecified atom stereocenters. The molecule has 0 aromatic carbocycles. The lowest BCUT2D eigenvalue weighted by molar-refractivity contribution is 1.27. The zero-order valence-corrected chi connectivity index (χ0v) is 7.39. The Hall–Kier alpha value is -1.51. The summed E-state index contributed by atoms with van der Waals surface area (Å²) < 4.78 is 0. The first-order chi connectivity index (χ1) is 5.83. The van der Waals surface area contributed by atoms with E-state index < -0.39 is 0 Å². The van der Waals surface area contributed by atoms with Crippen LogP contribution in [0.15, 0.2) is 18.8 Å². The summed E-state index contributed by atoms with van der Waals surface area (Å²) in [6.07, 6.45) is 3.48. The Balaban J connectivity index is 3.21. The van der Waals surface area contributed by atoms with Crippen molar-refractivity contribution < 1.29 is 0 Å². The van der Waals surface area contributed by atoms with Crippen LogP contribution in [0.25, 0.3) is 6.08 Å². The number of anilines is 2. The first-order valence-electron chi connectivity index (χ1n) is 3.80. The van der Waals surface area contributed by atoms with Crippen LogP contribution < -0.4 is 10.6 Å². The van der Waals surface area contributed by atoms with E-state index in [1.807, 2.05) is 20.2 Å². The number of rotatable bonds is 3. The molecule has 2 N–H and O–H groups in total. The summed E-state index contributed by atoms with van der Waals surface area (Å²) in [5, 5.41) is 6.14. The van der Waals surface area contributed by atoms with Crippen molar-refractivity contribution in [2.24, 2.45) is 0 Å². The third-order valence-electron chi connectivity index (χ3n) is 1.69. The summed E-state index contributed by atoms with van der Waals surface area (Å²) in [6, 6.07) is 1.92. The zero-order chi connectivity index (χ0) is 8.97. The van der Waals surface area contributed by atoms with Crippen LogP contribution in [0.5, 0.6) is 0 Å². The summed E-state index contributed by atoms with van der Waals surface area (Å²) in [4.78, 5) is 4.16. The van der Waals surface area contributed by atoms with Crippen LogP contribution in [0.1, 0.15) is 5.69 Å². The normalized spacial score (nSPS) is 9.17. The average Bonchev–Trinajstić information content (AvgIpc) is 2.16. The van der Waals surface area contributed by atoms with Crippen molar-refractivity contribution in [3.8, 4) is 0 Å². The minimum absolute atomic E-state index is 0.865. The lowest BCUT2D eigenvalue weighted by Gasteiger charge is -2.09. The van der Waals surface area contributed by atoms with Crippen molar-refractivity contribution in [3.63, 3.8) is 0 Å². The molecule has 3 heteroatoms. The van der Waals surface area contributed by atoms with Gasteiger partial charge < -0.3 is 10.6 Å². The highest BCUT2D eigenvalue weighted by Gasteiger charge is 2.02. The summed E-state index contributed by atoms with van der Waals surface area (Å²) in [5.41, 5.74) is 2.88. The molecule has 0 bridgehead atoms. The first kappa shape index (κ1) is 8.59. The minimum Gasteiger partial charge on any atom is -0.386 e. The molecule has 3 nitrogen and oxygen atoms in total. The zero-order valence-electron chi connectivity index (χ0n) is 7.39. The molecule has 0 saturated carbocycles. The van der Waals surface area contributed by atoms with Crippen LogP contribution >= 0.6 is 0 Å². The molecule has 0 radical (unpaired) electrons. The standard InChI is InChI=1S/C9H13N3/c1-4-7-9(11-3)8(10-2)5-6-12-7/h4-6,11H,1H2,2-3H3,(H,10,12). The lowest BCUT2D eigenvalue weighted by atomic mass is 10.2. The molecular formula is C9H13N3. The monoisotopic (exact) mass is 163 g/mol. The molecule has 0 fully saturated rings. The Morgan fingerprint density at radius 3 is 2.67 bits per heavy atom. The second-order valence-electron chi connectivity index (χ2n) is 2.32. The van der Waals surface area contributed by atoms with Gasteiger partial charge in [-0.3, -0.25) is 4.98 Å². The fourth-order valence-corrected chi connectivity index (χ4v) is 1.10. The molecule has 12 heavy (non-hydrogen) atoms.